The number of alkyl halides is 24. The minimum atomic E-state index is -6.72. The van der Waals surface area contributed by atoms with Crippen LogP contribution in [0.5, 0.6) is 0 Å². The number of hydrogen-bond acceptors (Lipinski definition) is 28. The van der Waals surface area contributed by atoms with E-state index in [9.17, 15) is 232 Å². The van der Waals surface area contributed by atoms with Crippen LogP contribution in [0.15, 0.2) is 0 Å². The van der Waals surface area contributed by atoms with Crippen LogP contribution in [-0.2, 0) is 153 Å². The van der Waals surface area contributed by atoms with E-state index >= 15 is 0 Å². The van der Waals surface area contributed by atoms with E-state index in [2.05, 4.69) is 0 Å². The van der Waals surface area contributed by atoms with Crippen molar-refractivity contribution in [3.05, 3.63) is 16.5 Å². The van der Waals surface area contributed by atoms with Crippen molar-refractivity contribution in [3.63, 3.8) is 0 Å². The molecule has 0 atom stereocenters. The summed E-state index contributed by atoms with van der Waals surface area (Å²) in [6, 6.07) is 0. The molecule has 728 valence electrons. The van der Waals surface area contributed by atoms with Crippen molar-refractivity contribution in [1.82, 2.24) is 0 Å². The van der Waals surface area contributed by atoms with Crippen LogP contribution in [0.1, 0.15) is 0 Å². The molecule has 0 aromatic heterocycles. The summed E-state index contributed by atoms with van der Waals surface area (Å²) in [6.45, 7) is 35.6. The van der Waals surface area contributed by atoms with Gasteiger partial charge < -0.3 is 120 Å². The number of carboxylic acids is 6. The number of carbonyl (C=O) groups is 6. The van der Waals surface area contributed by atoms with Crippen molar-refractivity contribution in [2.45, 2.75) is 44.1 Å². The SMILES string of the molecule is C[P+](C)(C)CC(=O)[O-].C[P+](C)(C)CC(=O)[O-].C[P+](C)(C)CC(=O)[O-].C[P+](C)(C)CC(=O)[O-].C[P+](C)(C)CC(=O)[O-].C[P+](C)(C)CC(=O)[O-].O=S(=O)([N-]S(=O)(=O)C(F)(F)F)C(F)(F)F.O=S(=O)([N-]S(=O)(=O)C(F)(F)F)C(F)(F)F.O=S(=O)([N-]S(=O)(=O)C(F)(F)F)C(F)(F)F.O=S(=O)([N-]S(=O)(=O)C(F)(F)F)C(F)(F)F.[O-2].[O-2].[O-2].[O-2].[OH3+].[OH3+].[OH3+].[OH3+].[U].[U]. The number of hydrogen-bond donors (Lipinski definition) is 0. The summed E-state index contributed by atoms with van der Waals surface area (Å²) in [7, 11) is -60.6. The van der Waals surface area contributed by atoms with Crippen LogP contribution >= 0.6 is 43.6 Å². The number of rotatable bonds is 20. The van der Waals surface area contributed by atoms with Crippen LogP contribution in [0.3, 0.4) is 0 Å². The van der Waals surface area contributed by atoms with Gasteiger partial charge in [-0.05, 0) is 0 Å². The normalized spacial score (nSPS) is 12.4. The third kappa shape index (κ3) is 95.6. The van der Waals surface area contributed by atoms with Gasteiger partial charge in [0.2, 0.25) is 0 Å². The minimum absolute atomic E-state index is 0. The molecule has 12 N–H and O–H groups in total. The quantitative estimate of drug-likeness (QED) is 0.0718. The van der Waals surface area contributed by atoms with Crippen LogP contribution in [0.2, 0.25) is 0 Å². The Morgan fingerprint density at radius 3 is 0.271 bits per heavy atom. The Balaban J connectivity index is -0.0000000504. The molecule has 80 heteroatoms. The Kier molecular flexibility index (Phi) is 86.0. The van der Waals surface area contributed by atoms with Gasteiger partial charge in [-0.1, -0.05) is 0 Å². The summed E-state index contributed by atoms with van der Waals surface area (Å²) in [4.78, 5) is 59.6. The molecule has 0 aliphatic carbocycles. The Hall–Kier alpha value is -1.06. The molecule has 0 bridgehead atoms. The summed E-state index contributed by atoms with van der Waals surface area (Å²) in [5.74, 6) is -5.55. The number of nitrogens with zero attached hydrogens (tertiary/aromatic N) is 4. The predicted molar refractivity (Wildman–Crippen MR) is 363 cm³/mol. The standard InChI is InChI=1S/6C5H11O2P.4C2F6NO4S2.4H2O.4O.2U/c6*1-8(2,3)4-5(6)7;4*3-1(4,5)14(10,11)9-15(12,13)2(6,7)8;;;;;;;;;;/h6*4H2,1-3H3;;;;;4*1H2;;;;;;/q;;;;;;4*-1;;;;;4*-2;;/p+4. The molecule has 0 aliphatic heterocycles. The Labute approximate surface area is 709 Å². The fraction of sp³-hybridized carbons (Fsp3) is 0.842. The molecule has 0 aliphatic rings. The first-order valence-corrected chi connectivity index (χ1v) is 56.2. The fourth-order valence-electron chi connectivity index (χ4n) is 3.18. The zero-order valence-electron chi connectivity index (χ0n) is 62.4. The van der Waals surface area contributed by atoms with Crippen LogP contribution in [-0.4, -0.2) is 304 Å². The first-order chi connectivity index (χ1) is 45.3. The second-order valence-electron chi connectivity index (χ2n) is 24.6. The Morgan fingerprint density at radius 2 is 0.254 bits per heavy atom. The first-order valence-electron chi connectivity index (χ1n) is 24.8. The minimum Gasteiger partial charge on any atom is -2.00 e. The van der Waals surface area contributed by atoms with Gasteiger partial charge in [0, 0.05) is 226 Å². The van der Waals surface area contributed by atoms with E-state index in [0.29, 0.717) is 0 Å². The maximum Gasteiger partial charge on any atom is 0.480 e. The molecule has 0 fully saturated rings. The van der Waals surface area contributed by atoms with Gasteiger partial charge in [0.15, 0.2) is 80.2 Å². The van der Waals surface area contributed by atoms with Gasteiger partial charge in [0.05, 0.1) is 72.8 Å². The summed E-state index contributed by atoms with van der Waals surface area (Å²) in [6.07, 6.45) is 1.46. The van der Waals surface area contributed by atoms with Gasteiger partial charge in [0.25, 0.3) is 0 Å². The van der Waals surface area contributed by atoms with E-state index in [-0.39, 0.29) is 143 Å². The summed E-state index contributed by atoms with van der Waals surface area (Å²) in [5, 5.41) is 59.6. The smallest absolute Gasteiger partial charge is 0.480 e. The second-order valence-corrected chi connectivity index (χ2v) is 67.7. The van der Waals surface area contributed by atoms with Crippen molar-refractivity contribution in [2.24, 2.45) is 0 Å². The maximum atomic E-state index is 11.4. The molecule has 0 saturated heterocycles. The van der Waals surface area contributed by atoms with Crippen molar-refractivity contribution in [2.75, 3.05) is 157 Å². The Bertz CT molecular complexity index is 3170. The van der Waals surface area contributed by atoms with Gasteiger partial charge in [0.1, 0.15) is 0 Å². The van der Waals surface area contributed by atoms with Gasteiger partial charge in [-0.15, -0.1) is 0 Å². The number of halogens is 24. The van der Waals surface area contributed by atoms with E-state index in [0.717, 1.165) is 16.5 Å². The average Bonchev–Trinajstić information content (AvgIpc) is 0.809. The van der Waals surface area contributed by atoms with Gasteiger partial charge in [-0.3, -0.25) is 0 Å². The van der Waals surface area contributed by atoms with Gasteiger partial charge in [-0.25, -0.2) is 67.3 Å². The molecule has 0 amide bonds. The molecule has 0 saturated carbocycles. The zero-order valence-corrected chi connectivity index (χ0v) is 82.7. The molecule has 0 aromatic rings. The van der Waals surface area contributed by atoms with Gasteiger partial charge in [-0.2, -0.15) is 105 Å². The molecule has 0 heterocycles. The van der Waals surface area contributed by atoms with Crippen molar-refractivity contribution >= 4 is 160 Å². The van der Waals surface area contributed by atoms with Crippen LogP contribution in [0.4, 0.5) is 105 Å². The predicted octanol–water partition coefficient (Wildman–Crippen LogP) is -2.07. The largest absolute Gasteiger partial charge is 2.00 e. The molecular weight excluding hydrogens is 2460 g/mol. The molecule has 0 spiro atoms. The average molecular weight is 2540 g/mol. The van der Waals surface area contributed by atoms with Crippen molar-refractivity contribution in [3.8, 4) is 0 Å². The fourth-order valence-corrected chi connectivity index (χ4v) is 14.7. The Morgan fingerprint density at radius 1 is 0.203 bits per heavy atom. The molecule has 0 unspecified atom stereocenters. The number of aliphatic carboxylic acids is 6. The maximum absolute atomic E-state index is 11.4. The summed E-state index contributed by atoms with van der Waals surface area (Å²) >= 11 is 0. The topological polar surface area (TPSA) is 816 Å². The monoisotopic (exact) mass is 2540 g/mol. The summed E-state index contributed by atoms with van der Waals surface area (Å²) in [5.41, 5.74) is -49.6. The molecule has 0 rings (SSSR count). The van der Waals surface area contributed by atoms with Crippen LogP contribution < -0.4 is 30.6 Å². The van der Waals surface area contributed by atoms with E-state index in [1.54, 1.807) is 0 Å². The zero-order chi connectivity index (χ0) is 91.5. The number of sulfonamides is 8. The van der Waals surface area contributed by atoms with Crippen molar-refractivity contribution in [1.29, 1.82) is 0 Å². The van der Waals surface area contributed by atoms with E-state index in [1.165, 1.54) is 0 Å². The summed E-state index contributed by atoms with van der Waals surface area (Å²) < 4.78 is 437. The van der Waals surface area contributed by atoms with E-state index < -0.39 is 204 Å². The molecule has 0 radical (unpaired) electrons. The van der Waals surface area contributed by atoms with E-state index in [1.807, 2.05) is 120 Å². The molecular formula is C38H78F24N4O36P6S8U2-8. The van der Waals surface area contributed by atoms with Crippen LogP contribution in [0, 0.1) is 62.2 Å². The van der Waals surface area contributed by atoms with E-state index in [4.69, 9.17) is 0 Å². The molecule has 0 aromatic carbocycles. The number of carboxylic acid groups (broad SMARTS) is 6. The molecule has 40 nitrogen and oxygen atoms in total. The third-order valence-electron chi connectivity index (χ3n) is 6.75. The third-order valence-corrected chi connectivity index (χ3v) is 24.9. The van der Waals surface area contributed by atoms with Gasteiger partial charge >= 0.3 is 44.1 Å². The second kappa shape index (κ2) is 60.6. The van der Waals surface area contributed by atoms with Crippen molar-refractivity contribution < 1.29 is 338 Å². The first kappa shape index (κ1) is 167. The molecule has 118 heavy (non-hydrogen) atoms. The number of carbonyl (C=O) groups excluding carboxylic acids is 6. The van der Waals surface area contributed by atoms with Crippen LogP contribution in [0.25, 0.3) is 16.5 Å².